The lowest BCUT2D eigenvalue weighted by Gasteiger charge is -2.17. The number of hydrogen-bond donors (Lipinski definition) is 1. The number of methoxy groups -OCH3 is 3. The quantitative estimate of drug-likeness (QED) is 0.908. The number of ether oxygens (including phenoxy) is 3. The topological polar surface area (TPSA) is 53.7 Å². The van der Waals surface area contributed by atoms with Crippen LogP contribution in [0.1, 0.15) is 22.0 Å². The van der Waals surface area contributed by atoms with E-state index in [4.69, 9.17) is 31.5 Å². The summed E-state index contributed by atoms with van der Waals surface area (Å²) in [5.41, 5.74) is 8.24. The second-order valence-corrected chi connectivity index (χ2v) is 6.23. The van der Waals surface area contributed by atoms with Gasteiger partial charge in [-0.2, -0.15) is 0 Å². The van der Waals surface area contributed by atoms with E-state index in [-0.39, 0.29) is 6.04 Å². The first-order chi connectivity index (χ1) is 10.0. The van der Waals surface area contributed by atoms with Gasteiger partial charge in [0.15, 0.2) is 11.5 Å². The van der Waals surface area contributed by atoms with Crippen molar-refractivity contribution in [3.63, 3.8) is 0 Å². The molecule has 0 fully saturated rings. The van der Waals surface area contributed by atoms with Crippen LogP contribution in [0.3, 0.4) is 0 Å². The molecular formula is C15H18ClNO3S. The molecule has 1 unspecified atom stereocenters. The Hall–Kier alpha value is -1.43. The average Bonchev–Trinajstić information content (AvgIpc) is 2.84. The highest BCUT2D eigenvalue weighted by Crippen LogP contribution is 2.41. The normalized spacial score (nSPS) is 12.1. The maximum Gasteiger partial charge on any atom is 0.203 e. The number of hydrogen-bond acceptors (Lipinski definition) is 5. The zero-order valence-corrected chi connectivity index (χ0v) is 14.0. The molecule has 0 aliphatic carbocycles. The summed E-state index contributed by atoms with van der Waals surface area (Å²) >= 11 is 7.60. The molecule has 0 saturated heterocycles. The number of nitrogens with two attached hydrogens (primary N) is 1. The van der Waals surface area contributed by atoms with Crippen LogP contribution in [-0.2, 0) is 0 Å². The Morgan fingerprint density at radius 1 is 1.05 bits per heavy atom. The fourth-order valence-electron chi connectivity index (χ4n) is 2.08. The van der Waals surface area contributed by atoms with Crippen molar-refractivity contribution in [1.82, 2.24) is 0 Å². The molecule has 1 atom stereocenters. The maximum absolute atomic E-state index is 6.34. The van der Waals surface area contributed by atoms with E-state index in [0.717, 1.165) is 20.3 Å². The molecule has 0 saturated carbocycles. The first kappa shape index (κ1) is 15.9. The minimum absolute atomic E-state index is 0.296. The van der Waals surface area contributed by atoms with Gasteiger partial charge in [-0.15, -0.1) is 11.3 Å². The Morgan fingerprint density at radius 2 is 1.62 bits per heavy atom. The molecule has 1 aromatic carbocycles. The molecule has 0 aliphatic rings. The number of benzene rings is 1. The van der Waals surface area contributed by atoms with Crippen LogP contribution in [0.25, 0.3) is 0 Å². The highest BCUT2D eigenvalue weighted by Gasteiger charge is 2.19. The summed E-state index contributed by atoms with van der Waals surface area (Å²) in [4.78, 5) is 0.992. The smallest absolute Gasteiger partial charge is 0.203 e. The summed E-state index contributed by atoms with van der Waals surface area (Å²) in [6.07, 6.45) is 0. The van der Waals surface area contributed by atoms with Gasteiger partial charge in [-0.1, -0.05) is 11.6 Å². The standard InChI is InChI=1S/C15H18ClNO3S/c1-8-5-12(21-15(8)16)13(17)9-6-10(18-2)14(20-4)11(7-9)19-3/h5-7,13H,17H2,1-4H3. The van der Waals surface area contributed by atoms with Gasteiger partial charge in [0.1, 0.15) is 0 Å². The number of rotatable bonds is 5. The largest absolute Gasteiger partial charge is 0.493 e. The summed E-state index contributed by atoms with van der Waals surface area (Å²) < 4.78 is 16.8. The number of halogens is 1. The van der Waals surface area contributed by atoms with Gasteiger partial charge in [0.2, 0.25) is 5.75 Å². The summed E-state index contributed by atoms with van der Waals surface area (Å²) in [5, 5.41) is 0. The molecule has 6 heteroatoms. The average molecular weight is 328 g/mol. The van der Waals surface area contributed by atoms with Crippen molar-refractivity contribution in [1.29, 1.82) is 0 Å². The predicted molar refractivity (Wildman–Crippen MR) is 86.2 cm³/mol. The summed E-state index contributed by atoms with van der Waals surface area (Å²) in [6, 6.07) is 5.42. The van der Waals surface area contributed by atoms with Crippen molar-refractivity contribution in [2.24, 2.45) is 5.73 Å². The molecule has 0 amide bonds. The fraction of sp³-hybridized carbons (Fsp3) is 0.333. The van der Waals surface area contributed by atoms with Gasteiger partial charge >= 0.3 is 0 Å². The Bertz CT molecular complexity index is 597. The van der Waals surface area contributed by atoms with E-state index in [1.54, 1.807) is 21.3 Å². The van der Waals surface area contributed by atoms with Gasteiger partial charge in [-0.3, -0.25) is 0 Å². The van der Waals surface area contributed by atoms with Crippen LogP contribution in [-0.4, -0.2) is 21.3 Å². The number of aryl methyl sites for hydroxylation is 1. The van der Waals surface area contributed by atoms with Gasteiger partial charge in [0, 0.05) is 4.88 Å². The van der Waals surface area contributed by atoms with Crippen LogP contribution < -0.4 is 19.9 Å². The Balaban J connectivity index is 2.48. The van der Waals surface area contributed by atoms with Gasteiger partial charge in [0.05, 0.1) is 31.7 Å². The van der Waals surface area contributed by atoms with Crippen molar-refractivity contribution >= 4 is 22.9 Å². The van der Waals surface area contributed by atoms with Gasteiger partial charge in [-0.25, -0.2) is 0 Å². The molecule has 0 bridgehead atoms. The predicted octanol–water partition coefficient (Wildman–Crippen LogP) is 3.78. The van der Waals surface area contributed by atoms with E-state index >= 15 is 0 Å². The third-order valence-corrected chi connectivity index (χ3v) is 4.87. The van der Waals surface area contributed by atoms with Crippen molar-refractivity contribution < 1.29 is 14.2 Å². The zero-order chi connectivity index (χ0) is 15.6. The van der Waals surface area contributed by atoms with E-state index in [0.29, 0.717) is 17.2 Å². The first-order valence-corrected chi connectivity index (χ1v) is 7.52. The van der Waals surface area contributed by atoms with Crippen LogP contribution in [0.15, 0.2) is 18.2 Å². The molecular weight excluding hydrogens is 310 g/mol. The van der Waals surface area contributed by atoms with Crippen molar-refractivity contribution in [3.05, 3.63) is 38.5 Å². The highest BCUT2D eigenvalue weighted by molar-refractivity contribution is 7.16. The lowest BCUT2D eigenvalue weighted by Crippen LogP contribution is -2.11. The first-order valence-electron chi connectivity index (χ1n) is 6.33. The third-order valence-electron chi connectivity index (χ3n) is 3.23. The van der Waals surface area contributed by atoms with E-state index < -0.39 is 0 Å². The van der Waals surface area contributed by atoms with E-state index in [2.05, 4.69) is 0 Å². The van der Waals surface area contributed by atoms with Gasteiger partial charge in [0.25, 0.3) is 0 Å². The minimum Gasteiger partial charge on any atom is -0.493 e. The Labute approximate surface area is 133 Å². The van der Waals surface area contributed by atoms with Crippen molar-refractivity contribution in [2.75, 3.05) is 21.3 Å². The Kier molecular flexibility index (Phi) is 4.98. The SMILES string of the molecule is COc1cc(C(N)c2cc(C)c(Cl)s2)cc(OC)c1OC. The van der Waals surface area contributed by atoms with Crippen LogP contribution in [0.5, 0.6) is 17.2 Å². The molecule has 2 rings (SSSR count). The molecule has 0 aliphatic heterocycles. The second-order valence-electron chi connectivity index (χ2n) is 4.54. The molecule has 21 heavy (non-hydrogen) atoms. The molecule has 0 radical (unpaired) electrons. The monoisotopic (exact) mass is 327 g/mol. The van der Waals surface area contributed by atoms with Gasteiger partial charge in [-0.05, 0) is 36.2 Å². The zero-order valence-electron chi connectivity index (χ0n) is 12.4. The summed E-state index contributed by atoms with van der Waals surface area (Å²) in [6.45, 7) is 1.96. The van der Waals surface area contributed by atoms with Crippen molar-refractivity contribution in [2.45, 2.75) is 13.0 Å². The fourth-order valence-corrected chi connectivity index (χ4v) is 3.33. The molecule has 2 aromatic rings. The molecule has 4 nitrogen and oxygen atoms in total. The van der Waals surface area contributed by atoms with Gasteiger partial charge < -0.3 is 19.9 Å². The maximum atomic E-state index is 6.34. The van der Waals surface area contributed by atoms with E-state index in [1.807, 2.05) is 25.1 Å². The van der Waals surface area contributed by atoms with Crippen LogP contribution in [0, 0.1) is 6.92 Å². The Morgan fingerprint density at radius 3 is 2.00 bits per heavy atom. The molecule has 2 N–H and O–H groups in total. The molecule has 0 spiro atoms. The van der Waals surface area contributed by atoms with Crippen LogP contribution in [0.4, 0.5) is 0 Å². The number of thiophene rings is 1. The highest BCUT2D eigenvalue weighted by atomic mass is 35.5. The second kappa shape index (κ2) is 6.56. The van der Waals surface area contributed by atoms with Crippen LogP contribution in [0.2, 0.25) is 4.34 Å². The minimum atomic E-state index is -0.296. The molecule has 1 aromatic heterocycles. The summed E-state index contributed by atoms with van der Waals surface area (Å²) in [5.74, 6) is 1.72. The lowest BCUT2D eigenvalue weighted by molar-refractivity contribution is 0.323. The van der Waals surface area contributed by atoms with Crippen molar-refractivity contribution in [3.8, 4) is 17.2 Å². The third kappa shape index (κ3) is 3.10. The summed E-state index contributed by atoms with van der Waals surface area (Å²) in [7, 11) is 4.74. The van der Waals surface area contributed by atoms with E-state index in [9.17, 15) is 0 Å². The molecule has 114 valence electrons. The van der Waals surface area contributed by atoms with Crippen LogP contribution >= 0.6 is 22.9 Å². The molecule has 1 heterocycles. The van der Waals surface area contributed by atoms with E-state index in [1.165, 1.54) is 11.3 Å². The lowest BCUT2D eigenvalue weighted by atomic mass is 10.0.